The molecule has 4 nitrogen and oxygen atoms in total. The average Bonchev–Trinajstić information content (AvgIpc) is 2.30. The molecule has 0 N–H and O–H groups in total. The summed E-state index contributed by atoms with van der Waals surface area (Å²) in [7, 11) is 0. The maximum absolute atomic E-state index is 11.2. The van der Waals surface area contributed by atoms with Crippen molar-refractivity contribution in [1.82, 2.24) is 9.88 Å². The Labute approximate surface area is 95.9 Å². The lowest BCUT2D eigenvalue weighted by atomic mass is 10.2. The molecule has 1 aliphatic rings. The summed E-state index contributed by atoms with van der Waals surface area (Å²) >= 11 is 0. The van der Waals surface area contributed by atoms with Crippen molar-refractivity contribution >= 4 is 11.7 Å². The molecule has 1 aromatic heterocycles. The highest BCUT2D eigenvalue weighted by Crippen LogP contribution is 2.13. The molecule has 1 amide bonds. The molecule has 85 valence electrons. The molecule has 2 heterocycles. The number of pyridine rings is 1. The molecule has 0 saturated carbocycles. The molecule has 1 aliphatic heterocycles. The van der Waals surface area contributed by atoms with Gasteiger partial charge in [-0.15, -0.1) is 0 Å². The zero-order valence-electron chi connectivity index (χ0n) is 9.52. The summed E-state index contributed by atoms with van der Waals surface area (Å²) in [4.78, 5) is 19.6. The van der Waals surface area contributed by atoms with Crippen LogP contribution in [0.5, 0.6) is 0 Å². The first-order valence-electron chi connectivity index (χ1n) is 5.45. The van der Waals surface area contributed by atoms with Gasteiger partial charge in [0.05, 0.1) is 0 Å². The lowest BCUT2D eigenvalue weighted by Crippen LogP contribution is -2.48. The van der Waals surface area contributed by atoms with E-state index in [1.807, 2.05) is 17.0 Å². The number of carbonyl (C=O) groups excluding carboxylic acids is 1. The van der Waals surface area contributed by atoms with Gasteiger partial charge in [0.1, 0.15) is 5.82 Å². The predicted molar refractivity (Wildman–Crippen MR) is 63.2 cm³/mol. The van der Waals surface area contributed by atoms with Crippen molar-refractivity contribution in [3.63, 3.8) is 0 Å². The first-order chi connectivity index (χ1) is 7.66. The van der Waals surface area contributed by atoms with Crippen molar-refractivity contribution in [2.24, 2.45) is 0 Å². The van der Waals surface area contributed by atoms with Crippen molar-refractivity contribution in [2.45, 2.75) is 6.92 Å². The van der Waals surface area contributed by atoms with Crippen LogP contribution in [-0.2, 0) is 4.79 Å². The summed E-state index contributed by atoms with van der Waals surface area (Å²) in [5.74, 6) is 1.12. The molecular formula is C12H16N3O. The highest BCUT2D eigenvalue weighted by molar-refractivity contribution is 5.73. The molecule has 0 bridgehead atoms. The van der Waals surface area contributed by atoms with E-state index in [9.17, 15) is 4.79 Å². The minimum atomic E-state index is 0.153. The van der Waals surface area contributed by atoms with Crippen LogP contribution in [0.25, 0.3) is 0 Å². The Balaban J connectivity index is 1.99. The number of nitrogens with zero attached hydrogens (tertiary/aromatic N) is 3. The van der Waals surface area contributed by atoms with Gasteiger partial charge in [-0.25, -0.2) is 4.98 Å². The first-order valence-corrected chi connectivity index (χ1v) is 5.45. The lowest BCUT2D eigenvalue weighted by Gasteiger charge is -2.34. The Morgan fingerprint density at radius 3 is 2.50 bits per heavy atom. The second-order valence-corrected chi connectivity index (χ2v) is 4.02. The van der Waals surface area contributed by atoms with Crippen LogP contribution < -0.4 is 4.90 Å². The summed E-state index contributed by atoms with van der Waals surface area (Å²) < 4.78 is 0. The molecule has 16 heavy (non-hydrogen) atoms. The number of hydrogen-bond acceptors (Lipinski definition) is 3. The fourth-order valence-corrected chi connectivity index (χ4v) is 1.85. The normalized spacial score (nSPS) is 16.4. The van der Waals surface area contributed by atoms with Gasteiger partial charge in [-0.1, -0.05) is 6.07 Å². The molecular weight excluding hydrogens is 202 g/mol. The summed E-state index contributed by atoms with van der Waals surface area (Å²) in [5, 5.41) is 0. The first kappa shape index (κ1) is 10.9. The number of anilines is 1. The second-order valence-electron chi connectivity index (χ2n) is 4.02. The summed E-state index contributed by atoms with van der Waals surface area (Å²) in [6.45, 7) is 8.69. The number of hydrogen-bond donors (Lipinski definition) is 0. The van der Waals surface area contributed by atoms with Crippen LogP contribution in [0, 0.1) is 6.92 Å². The number of amides is 1. The quantitative estimate of drug-likeness (QED) is 0.703. The standard InChI is InChI=1S/C12H16N3O/c1-10-3-4-12(13-9-10)15-7-5-14(6-8-15)11(2)16/h3-4,9H,1,5-8H2,2H3. The minimum Gasteiger partial charge on any atom is -0.353 e. The van der Waals surface area contributed by atoms with Crippen molar-refractivity contribution in [1.29, 1.82) is 0 Å². The number of aromatic nitrogens is 1. The number of rotatable bonds is 1. The molecule has 0 aliphatic carbocycles. The summed E-state index contributed by atoms with van der Waals surface area (Å²) in [6.07, 6.45) is 1.77. The minimum absolute atomic E-state index is 0.153. The number of piperazine rings is 1. The SMILES string of the molecule is [CH2]c1ccc(N2CCN(C(C)=O)CC2)nc1. The van der Waals surface area contributed by atoms with Crippen LogP contribution >= 0.6 is 0 Å². The fourth-order valence-electron chi connectivity index (χ4n) is 1.85. The Kier molecular flexibility index (Phi) is 3.08. The van der Waals surface area contributed by atoms with Crippen molar-refractivity contribution in [3.8, 4) is 0 Å². The molecule has 0 unspecified atom stereocenters. The van der Waals surface area contributed by atoms with Crippen LogP contribution in [0.1, 0.15) is 12.5 Å². The van der Waals surface area contributed by atoms with Gasteiger partial charge in [-0.05, 0) is 18.6 Å². The van der Waals surface area contributed by atoms with E-state index in [0.29, 0.717) is 0 Å². The zero-order chi connectivity index (χ0) is 11.5. The topological polar surface area (TPSA) is 36.4 Å². The molecule has 0 aromatic carbocycles. The van der Waals surface area contributed by atoms with E-state index in [4.69, 9.17) is 0 Å². The van der Waals surface area contributed by atoms with Gasteiger partial charge in [0.15, 0.2) is 0 Å². The largest absolute Gasteiger partial charge is 0.353 e. The van der Waals surface area contributed by atoms with E-state index in [1.165, 1.54) is 0 Å². The molecule has 2 rings (SSSR count). The van der Waals surface area contributed by atoms with Crippen LogP contribution in [0.2, 0.25) is 0 Å². The average molecular weight is 218 g/mol. The van der Waals surface area contributed by atoms with Crippen LogP contribution in [0.15, 0.2) is 18.3 Å². The summed E-state index contributed by atoms with van der Waals surface area (Å²) in [6, 6.07) is 3.94. The molecule has 1 radical (unpaired) electrons. The van der Waals surface area contributed by atoms with E-state index in [0.717, 1.165) is 37.6 Å². The third kappa shape index (κ3) is 2.32. The summed E-state index contributed by atoms with van der Waals surface area (Å²) in [5.41, 5.74) is 0.922. The highest BCUT2D eigenvalue weighted by Gasteiger charge is 2.18. The van der Waals surface area contributed by atoms with Crippen molar-refractivity contribution in [3.05, 3.63) is 30.8 Å². The Morgan fingerprint density at radius 1 is 1.31 bits per heavy atom. The smallest absolute Gasteiger partial charge is 0.219 e. The Morgan fingerprint density at radius 2 is 2.00 bits per heavy atom. The maximum atomic E-state index is 11.2. The van der Waals surface area contributed by atoms with E-state index < -0.39 is 0 Å². The predicted octanol–water partition coefficient (Wildman–Crippen LogP) is 0.932. The third-order valence-corrected chi connectivity index (χ3v) is 2.86. The van der Waals surface area contributed by atoms with Crippen molar-refractivity contribution in [2.75, 3.05) is 31.1 Å². The molecule has 1 aromatic rings. The van der Waals surface area contributed by atoms with Gasteiger partial charge in [0.25, 0.3) is 0 Å². The molecule has 0 spiro atoms. The van der Waals surface area contributed by atoms with Crippen molar-refractivity contribution < 1.29 is 4.79 Å². The van der Waals surface area contributed by atoms with E-state index >= 15 is 0 Å². The second kappa shape index (κ2) is 4.51. The zero-order valence-corrected chi connectivity index (χ0v) is 9.52. The van der Waals surface area contributed by atoms with Gasteiger partial charge in [0, 0.05) is 39.3 Å². The van der Waals surface area contributed by atoms with Crippen LogP contribution in [-0.4, -0.2) is 42.0 Å². The third-order valence-electron chi connectivity index (χ3n) is 2.86. The number of carbonyl (C=O) groups is 1. The van der Waals surface area contributed by atoms with Gasteiger partial charge < -0.3 is 9.80 Å². The highest BCUT2D eigenvalue weighted by atomic mass is 16.2. The molecule has 1 saturated heterocycles. The van der Waals surface area contributed by atoms with Gasteiger partial charge in [-0.2, -0.15) is 0 Å². The lowest BCUT2D eigenvalue weighted by molar-refractivity contribution is -0.129. The van der Waals surface area contributed by atoms with Gasteiger partial charge >= 0.3 is 0 Å². The van der Waals surface area contributed by atoms with E-state index in [1.54, 1.807) is 13.1 Å². The fraction of sp³-hybridized carbons (Fsp3) is 0.417. The van der Waals surface area contributed by atoms with Crippen LogP contribution in [0.4, 0.5) is 5.82 Å². The molecule has 4 heteroatoms. The molecule has 1 fully saturated rings. The van der Waals surface area contributed by atoms with Crippen LogP contribution in [0.3, 0.4) is 0 Å². The Hall–Kier alpha value is -1.58. The maximum Gasteiger partial charge on any atom is 0.219 e. The molecule has 0 atom stereocenters. The van der Waals surface area contributed by atoms with Gasteiger partial charge in [0.2, 0.25) is 5.91 Å². The van der Waals surface area contributed by atoms with E-state index in [2.05, 4.69) is 16.8 Å². The monoisotopic (exact) mass is 218 g/mol. The van der Waals surface area contributed by atoms with Gasteiger partial charge in [-0.3, -0.25) is 4.79 Å². The Bertz CT molecular complexity index is 366. The van der Waals surface area contributed by atoms with E-state index in [-0.39, 0.29) is 5.91 Å².